The summed E-state index contributed by atoms with van der Waals surface area (Å²) in [5.74, 6) is 2.29. The maximum Gasteiger partial charge on any atom is 0.338 e. The van der Waals surface area contributed by atoms with E-state index in [1.165, 1.54) is 7.11 Å². The number of carbonyl (C=O) groups is 1. The first-order chi connectivity index (χ1) is 8.19. The van der Waals surface area contributed by atoms with Crippen molar-refractivity contribution in [2.24, 2.45) is 0 Å². The number of benzene rings is 1. The van der Waals surface area contributed by atoms with Crippen LogP contribution in [0.15, 0.2) is 24.3 Å². The number of rotatable bonds is 5. The van der Waals surface area contributed by atoms with Crippen molar-refractivity contribution >= 4 is 5.97 Å². The van der Waals surface area contributed by atoms with Crippen molar-refractivity contribution < 1.29 is 9.53 Å². The van der Waals surface area contributed by atoms with Crippen LogP contribution < -0.4 is 5.32 Å². The molecule has 1 N–H and O–H groups in total. The molecule has 0 saturated carbocycles. The van der Waals surface area contributed by atoms with E-state index in [9.17, 15) is 4.79 Å². The van der Waals surface area contributed by atoms with E-state index in [-0.39, 0.29) is 12.0 Å². The first-order valence-corrected chi connectivity index (χ1v) is 5.52. The minimum atomic E-state index is -0.313. The Hall–Kier alpha value is -1.79. The smallest absolute Gasteiger partial charge is 0.338 e. The van der Waals surface area contributed by atoms with Gasteiger partial charge in [0.2, 0.25) is 0 Å². The molecule has 0 bridgehead atoms. The van der Waals surface area contributed by atoms with Gasteiger partial charge >= 0.3 is 5.97 Å². The van der Waals surface area contributed by atoms with Gasteiger partial charge in [0.25, 0.3) is 0 Å². The van der Waals surface area contributed by atoms with Crippen LogP contribution in [0, 0.1) is 12.3 Å². The van der Waals surface area contributed by atoms with Gasteiger partial charge in [-0.05, 0) is 18.6 Å². The molecule has 0 aliphatic heterocycles. The predicted molar refractivity (Wildman–Crippen MR) is 67.5 cm³/mol. The standard InChI is InChI=1S/C14H17NO2/c1-4-7-11(2)15-10-12-8-5-6-9-13(12)14(16)17-3/h1,5-6,8-9,11,15H,7,10H2,2-3H3. The van der Waals surface area contributed by atoms with E-state index < -0.39 is 0 Å². The molecule has 3 heteroatoms. The molecule has 1 aromatic rings. The van der Waals surface area contributed by atoms with Gasteiger partial charge in [-0.25, -0.2) is 4.79 Å². The summed E-state index contributed by atoms with van der Waals surface area (Å²) in [7, 11) is 1.38. The number of methoxy groups -OCH3 is 1. The molecule has 0 aromatic heterocycles. The maximum atomic E-state index is 11.5. The van der Waals surface area contributed by atoms with E-state index in [0.717, 1.165) is 5.56 Å². The van der Waals surface area contributed by atoms with E-state index in [0.29, 0.717) is 18.5 Å². The molecule has 0 spiro atoms. The third kappa shape index (κ3) is 3.93. The summed E-state index contributed by atoms with van der Waals surface area (Å²) in [4.78, 5) is 11.5. The summed E-state index contributed by atoms with van der Waals surface area (Å²) < 4.78 is 4.73. The maximum absolute atomic E-state index is 11.5. The molecular formula is C14H17NO2. The van der Waals surface area contributed by atoms with Crippen molar-refractivity contribution in [2.45, 2.75) is 25.9 Å². The molecule has 3 nitrogen and oxygen atoms in total. The highest BCUT2D eigenvalue weighted by Gasteiger charge is 2.11. The molecule has 0 heterocycles. The van der Waals surface area contributed by atoms with Crippen LogP contribution in [0.1, 0.15) is 29.3 Å². The quantitative estimate of drug-likeness (QED) is 0.622. The first kappa shape index (κ1) is 13.3. The average molecular weight is 231 g/mol. The van der Waals surface area contributed by atoms with Crippen LogP contribution in [-0.2, 0) is 11.3 Å². The number of nitrogens with one attached hydrogen (secondary N) is 1. The second-order valence-corrected chi connectivity index (χ2v) is 3.84. The van der Waals surface area contributed by atoms with Crippen molar-refractivity contribution in [3.05, 3.63) is 35.4 Å². The Balaban J connectivity index is 2.71. The molecule has 0 fully saturated rings. The lowest BCUT2D eigenvalue weighted by molar-refractivity contribution is 0.0599. The number of esters is 1. The second kappa shape index (κ2) is 6.72. The van der Waals surface area contributed by atoms with E-state index in [1.807, 2.05) is 25.1 Å². The van der Waals surface area contributed by atoms with Crippen molar-refractivity contribution in [3.8, 4) is 12.3 Å². The first-order valence-electron chi connectivity index (χ1n) is 5.52. The third-order valence-electron chi connectivity index (χ3n) is 2.49. The monoisotopic (exact) mass is 231 g/mol. The molecule has 90 valence electrons. The number of carbonyl (C=O) groups excluding carboxylic acids is 1. The summed E-state index contributed by atoms with van der Waals surface area (Å²) in [6, 6.07) is 7.61. The van der Waals surface area contributed by atoms with Gasteiger partial charge in [-0.1, -0.05) is 18.2 Å². The number of ether oxygens (including phenoxy) is 1. The third-order valence-corrected chi connectivity index (χ3v) is 2.49. The Morgan fingerprint density at radius 2 is 2.24 bits per heavy atom. The minimum Gasteiger partial charge on any atom is -0.465 e. The van der Waals surface area contributed by atoms with E-state index in [2.05, 4.69) is 11.2 Å². The van der Waals surface area contributed by atoms with Crippen molar-refractivity contribution in [1.82, 2.24) is 5.32 Å². The number of hydrogen-bond donors (Lipinski definition) is 1. The summed E-state index contributed by atoms with van der Waals surface area (Å²) >= 11 is 0. The second-order valence-electron chi connectivity index (χ2n) is 3.84. The van der Waals surface area contributed by atoms with E-state index in [4.69, 9.17) is 11.2 Å². The molecule has 0 amide bonds. The molecular weight excluding hydrogens is 214 g/mol. The van der Waals surface area contributed by atoms with Crippen LogP contribution in [0.5, 0.6) is 0 Å². The molecule has 1 rings (SSSR count). The zero-order valence-electron chi connectivity index (χ0n) is 10.2. The molecule has 17 heavy (non-hydrogen) atoms. The van der Waals surface area contributed by atoms with Crippen molar-refractivity contribution in [3.63, 3.8) is 0 Å². The lowest BCUT2D eigenvalue weighted by Gasteiger charge is -2.12. The topological polar surface area (TPSA) is 38.3 Å². The number of hydrogen-bond acceptors (Lipinski definition) is 3. The van der Waals surface area contributed by atoms with Crippen LogP contribution in [0.2, 0.25) is 0 Å². The van der Waals surface area contributed by atoms with Crippen LogP contribution in [0.25, 0.3) is 0 Å². The number of terminal acetylenes is 1. The van der Waals surface area contributed by atoms with E-state index >= 15 is 0 Å². The molecule has 1 unspecified atom stereocenters. The predicted octanol–water partition coefficient (Wildman–Crippen LogP) is 1.97. The molecule has 1 aromatic carbocycles. The fourth-order valence-electron chi connectivity index (χ4n) is 1.52. The van der Waals surface area contributed by atoms with Gasteiger partial charge in [-0.15, -0.1) is 12.3 Å². The molecule has 0 aliphatic rings. The molecule has 0 saturated heterocycles. The summed E-state index contributed by atoms with van der Waals surface area (Å²) in [5, 5.41) is 3.27. The lowest BCUT2D eigenvalue weighted by atomic mass is 10.1. The SMILES string of the molecule is C#CCC(C)NCc1ccccc1C(=O)OC. The normalized spacial score (nSPS) is 11.6. The Labute approximate surface area is 102 Å². The molecule has 1 atom stereocenters. The minimum absolute atomic E-state index is 0.228. The summed E-state index contributed by atoms with van der Waals surface area (Å²) in [6.45, 7) is 2.62. The molecule has 0 radical (unpaired) electrons. The van der Waals surface area contributed by atoms with Crippen LogP contribution in [0.4, 0.5) is 0 Å². The zero-order chi connectivity index (χ0) is 12.7. The van der Waals surface area contributed by atoms with E-state index in [1.54, 1.807) is 6.07 Å². The van der Waals surface area contributed by atoms with Gasteiger partial charge in [-0.3, -0.25) is 0 Å². The highest BCUT2D eigenvalue weighted by atomic mass is 16.5. The van der Waals surface area contributed by atoms with Gasteiger partial charge in [-0.2, -0.15) is 0 Å². The summed E-state index contributed by atoms with van der Waals surface area (Å²) in [6.07, 6.45) is 5.90. The highest BCUT2D eigenvalue weighted by molar-refractivity contribution is 5.90. The van der Waals surface area contributed by atoms with Crippen molar-refractivity contribution in [2.75, 3.05) is 7.11 Å². The lowest BCUT2D eigenvalue weighted by Crippen LogP contribution is -2.25. The van der Waals surface area contributed by atoms with Gasteiger partial charge in [0.1, 0.15) is 0 Å². The average Bonchev–Trinajstić information content (AvgIpc) is 2.36. The van der Waals surface area contributed by atoms with Crippen LogP contribution in [-0.4, -0.2) is 19.1 Å². The van der Waals surface area contributed by atoms with Crippen LogP contribution >= 0.6 is 0 Å². The summed E-state index contributed by atoms with van der Waals surface area (Å²) in [5.41, 5.74) is 1.51. The largest absolute Gasteiger partial charge is 0.465 e. The van der Waals surface area contributed by atoms with Gasteiger partial charge in [0.05, 0.1) is 12.7 Å². The van der Waals surface area contributed by atoms with Crippen molar-refractivity contribution in [1.29, 1.82) is 0 Å². The van der Waals surface area contributed by atoms with Gasteiger partial charge in [0, 0.05) is 19.0 Å². The fourth-order valence-corrected chi connectivity index (χ4v) is 1.52. The highest BCUT2D eigenvalue weighted by Crippen LogP contribution is 2.10. The molecule has 0 aliphatic carbocycles. The Morgan fingerprint density at radius 3 is 2.88 bits per heavy atom. The Morgan fingerprint density at radius 1 is 1.53 bits per heavy atom. The Bertz CT molecular complexity index is 420. The fraction of sp³-hybridized carbons (Fsp3) is 0.357. The Kier molecular flexibility index (Phi) is 5.25. The zero-order valence-corrected chi connectivity index (χ0v) is 10.2. The van der Waals surface area contributed by atoms with Gasteiger partial charge in [0.15, 0.2) is 0 Å². The van der Waals surface area contributed by atoms with Crippen LogP contribution in [0.3, 0.4) is 0 Å². The van der Waals surface area contributed by atoms with Gasteiger partial charge < -0.3 is 10.1 Å².